The summed E-state index contributed by atoms with van der Waals surface area (Å²) in [6.45, 7) is 6.39. The van der Waals surface area contributed by atoms with Gasteiger partial charge < -0.3 is 9.30 Å². The van der Waals surface area contributed by atoms with Crippen molar-refractivity contribution < 1.29 is 13.9 Å². The molecule has 0 saturated carbocycles. The van der Waals surface area contributed by atoms with Crippen molar-refractivity contribution in [3.05, 3.63) is 77.8 Å². The first-order chi connectivity index (χ1) is 13.5. The van der Waals surface area contributed by atoms with E-state index in [0.717, 1.165) is 11.1 Å². The zero-order valence-corrected chi connectivity index (χ0v) is 16.6. The standard InChI is InChI=1S/C24H26FNO2/c1-4-18(15-25)16-28-22-9-7-21(8-10-22)24(27)14-19-5-6-20-11-12-26(17(2)3)23(20)13-19/h5-13,15,17H,4,14,16H2,1-3H3. The summed E-state index contributed by atoms with van der Waals surface area (Å²) in [5.41, 5.74) is 3.39. The summed E-state index contributed by atoms with van der Waals surface area (Å²) < 4.78 is 20.4. The Bertz CT molecular complexity index is 984. The lowest BCUT2D eigenvalue weighted by atomic mass is 10.0. The molecule has 0 aliphatic rings. The molecule has 3 rings (SSSR count). The van der Waals surface area contributed by atoms with Gasteiger partial charge in [-0.15, -0.1) is 0 Å². The number of carbonyl (C=O) groups excluding carboxylic acids is 1. The topological polar surface area (TPSA) is 31.2 Å². The SMILES string of the molecule is CCC(=CF)COc1ccc(C(=O)Cc2ccc3ccn(C(C)C)c3c2)cc1. The highest BCUT2D eigenvalue weighted by molar-refractivity contribution is 5.98. The van der Waals surface area contributed by atoms with Gasteiger partial charge in [-0.1, -0.05) is 19.1 Å². The minimum absolute atomic E-state index is 0.0615. The van der Waals surface area contributed by atoms with E-state index >= 15 is 0 Å². The van der Waals surface area contributed by atoms with Gasteiger partial charge in [0.25, 0.3) is 0 Å². The third-order valence-corrected chi connectivity index (χ3v) is 4.92. The van der Waals surface area contributed by atoms with E-state index < -0.39 is 0 Å². The molecule has 3 nitrogen and oxygen atoms in total. The summed E-state index contributed by atoms with van der Waals surface area (Å²) in [7, 11) is 0. The zero-order chi connectivity index (χ0) is 20.1. The fourth-order valence-electron chi connectivity index (χ4n) is 3.17. The van der Waals surface area contributed by atoms with Gasteiger partial charge in [0, 0.05) is 29.7 Å². The lowest BCUT2D eigenvalue weighted by molar-refractivity contribution is 0.0993. The Kier molecular flexibility index (Phi) is 6.30. The minimum atomic E-state index is 0.0615. The molecule has 3 aromatic rings. The van der Waals surface area contributed by atoms with Crippen LogP contribution in [0.2, 0.25) is 0 Å². The Morgan fingerprint density at radius 3 is 2.54 bits per heavy atom. The molecule has 0 N–H and O–H groups in total. The molecule has 1 aromatic heterocycles. The number of halogens is 1. The number of fused-ring (bicyclic) bond motifs is 1. The number of ether oxygens (including phenoxy) is 1. The third-order valence-electron chi connectivity index (χ3n) is 4.92. The van der Waals surface area contributed by atoms with E-state index in [9.17, 15) is 9.18 Å². The van der Waals surface area contributed by atoms with Crippen molar-refractivity contribution in [3.8, 4) is 5.75 Å². The summed E-state index contributed by atoms with van der Waals surface area (Å²) in [5.74, 6) is 0.687. The maximum absolute atomic E-state index is 12.7. The molecule has 0 amide bonds. The van der Waals surface area contributed by atoms with Gasteiger partial charge in [-0.25, -0.2) is 4.39 Å². The molecule has 2 aromatic carbocycles. The maximum Gasteiger partial charge on any atom is 0.167 e. The Morgan fingerprint density at radius 2 is 1.89 bits per heavy atom. The fourth-order valence-corrected chi connectivity index (χ4v) is 3.17. The van der Waals surface area contributed by atoms with Crippen LogP contribution in [0.5, 0.6) is 5.75 Å². The van der Waals surface area contributed by atoms with E-state index in [1.807, 2.05) is 13.0 Å². The van der Waals surface area contributed by atoms with Crippen molar-refractivity contribution in [3.63, 3.8) is 0 Å². The van der Waals surface area contributed by atoms with Crippen LogP contribution in [-0.2, 0) is 6.42 Å². The highest BCUT2D eigenvalue weighted by Gasteiger charge is 2.10. The van der Waals surface area contributed by atoms with Gasteiger partial charge in [-0.3, -0.25) is 4.79 Å². The van der Waals surface area contributed by atoms with Crippen molar-refractivity contribution in [1.29, 1.82) is 0 Å². The number of benzene rings is 2. The van der Waals surface area contributed by atoms with Crippen LogP contribution >= 0.6 is 0 Å². The number of rotatable bonds is 8. The molecule has 0 fully saturated rings. The molecule has 0 bridgehead atoms. The van der Waals surface area contributed by atoms with Gasteiger partial charge in [0.1, 0.15) is 12.4 Å². The number of aromatic nitrogens is 1. The monoisotopic (exact) mass is 379 g/mol. The molecule has 0 aliphatic heterocycles. The smallest absolute Gasteiger partial charge is 0.167 e. The molecule has 1 heterocycles. The number of hydrogen-bond acceptors (Lipinski definition) is 2. The first-order valence-electron chi connectivity index (χ1n) is 9.65. The quantitative estimate of drug-likeness (QED) is 0.431. The third kappa shape index (κ3) is 4.50. The van der Waals surface area contributed by atoms with Gasteiger partial charge in [0.2, 0.25) is 0 Å². The van der Waals surface area contributed by atoms with Crippen molar-refractivity contribution in [2.75, 3.05) is 6.61 Å². The average Bonchev–Trinajstić information content (AvgIpc) is 3.12. The van der Waals surface area contributed by atoms with E-state index in [-0.39, 0.29) is 12.4 Å². The van der Waals surface area contributed by atoms with Crippen molar-refractivity contribution in [2.24, 2.45) is 0 Å². The minimum Gasteiger partial charge on any atom is -0.489 e. The molecule has 0 radical (unpaired) electrons. The largest absolute Gasteiger partial charge is 0.489 e. The Labute approximate surface area is 165 Å². The predicted octanol–water partition coefficient (Wildman–Crippen LogP) is 6.29. The van der Waals surface area contributed by atoms with Crippen molar-refractivity contribution in [1.82, 2.24) is 4.57 Å². The summed E-state index contributed by atoms with van der Waals surface area (Å²) in [6, 6.07) is 15.7. The molecule has 0 spiro atoms. The lowest BCUT2D eigenvalue weighted by Crippen LogP contribution is -2.05. The number of ketones is 1. The van der Waals surface area contributed by atoms with E-state index in [1.54, 1.807) is 24.3 Å². The zero-order valence-electron chi connectivity index (χ0n) is 16.6. The van der Waals surface area contributed by atoms with Crippen LogP contribution in [0.1, 0.15) is 49.2 Å². The number of nitrogens with zero attached hydrogens (tertiary/aromatic N) is 1. The lowest BCUT2D eigenvalue weighted by Gasteiger charge is -2.10. The Morgan fingerprint density at radius 1 is 1.14 bits per heavy atom. The molecule has 28 heavy (non-hydrogen) atoms. The molecule has 0 saturated heterocycles. The van der Waals surface area contributed by atoms with Crippen LogP contribution in [0.4, 0.5) is 4.39 Å². The maximum atomic E-state index is 12.7. The Balaban J connectivity index is 1.69. The van der Waals surface area contributed by atoms with Crippen LogP contribution < -0.4 is 4.74 Å². The molecular formula is C24H26FNO2. The summed E-state index contributed by atoms with van der Waals surface area (Å²) in [6.07, 6.45) is 3.63. The van der Waals surface area contributed by atoms with E-state index in [0.29, 0.717) is 42.1 Å². The molecular weight excluding hydrogens is 353 g/mol. The predicted molar refractivity (Wildman–Crippen MR) is 112 cm³/mol. The highest BCUT2D eigenvalue weighted by atomic mass is 19.1. The first kappa shape index (κ1) is 19.9. The second-order valence-electron chi connectivity index (χ2n) is 7.24. The summed E-state index contributed by atoms with van der Waals surface area (Å²) in [5, 5.41) is 1.18. The van der Waals surface area contributed by atoms with Crippen LogP contribution in [0.3, 0.4) is 0 Å². The second kappa shape index (κ2) is 8.87. The number of carbonyl (C=O) groups is 1. The molecule has 0 atom stereocenters. The van der Waals surface area contributed by atoms with Crippen LogP contribution in [-0.4, -0.2) is 17.0 Å². The van der Waals surface area contributed by atoms with E-state index in [1.165, 1.54) is 5.39 Å². The number of hydrogen-bond donors (Lipinski definition) is 0. The van der Waals surface area contributed by atoms with Crippen LogP contribution in [0.15, 0.2) is 66.6 Å². The first-order valence-corrected chi connectivity index (χ1v) is 9.65. The van der Waals surface area contributed by atoms with Gasteiger partial charge >= 0.3 is 0 Å². The van der Waals surface area contributed by atoms with Gasteiger partial charge in [0.15, 0.2) is 5.78 Å². The summed E-state index contributed by atoms with van der Waals surface area (Å²) in [4.78, 5) is 12.7. The van der Waals surface area contributed by atoms with E-state index in [4.69, 9.17) is 4.74 Å². The van der Waals surface area contributed by atoms with Crippen molar-refractivity contribution >= 4 is 16.7 Å². The molecule has 0 unspecified atom stereocenters. The summed E-state index contributed by atoms with van der Waals surface area (Å²) >= 11 is 0. The average molecular weight is 379 g/mol. The normalized spacial score (nSPS) is 12.0. The van der Waals surface area contributed by atoms with Gasteiger partial charge in [0.05, 0.1) is 6.33 Å². The molecule has 146 valence electrons. The van der Waals surface area contributed by atoms with Crippen LogP contribution in [0.25, 0.3) is 10.9 Å². The fraction of sp³-hybridized carbons (Fsp3) is 0.292. The van der Waals surface area contributed by atoms with Crippen LogP contribution in [0, 0.1) is 0 Å². The highest BCUT2D eigenvalue weighted by Crippen LogP contribution is 2.22. The molecule has 0 aliphatic carbocycles. The van der Waals surface area contributed by atoms with E-state index in [2.05, 4.69) is 42.8 Å². The van der Waals surface area contributed by atoms with Gasteiger partial charge in [-0.05, 0) is 73.2 Å². The van der Waals surface area contributed by atoms with Gasteiger partial charge in [-0.2, -0.15) is 0 Å². The van der Waals surface area contributed by atoms with Crippen molar-refractivity contribution in [2.45, 2.75) is 39.7 Å². The number of Topliss-reactive ketones (excluding diaryl/α,β-unsaturated/α-hetero) is 1. The second-order valence-corrected chi connectivity index (χ2v) is 7.24. The Hall–Kier alpha value is -2.88. The molecule has 4 heteroatoms.